The van der Waals surface area contributed by atoms with E-state index in [0.29, 0.717) is 17.9 Å². The van der Waals surface area contributed by atoms with Gasteiger partial charge < -0.3 is 14.5 Å². The number of benzene rings is 1. The van der Waals surface area contributed by atoms with E-state index in [1.54, 1.807) is 45.3 Å². The van der Waals surface area contributed by atoms with E-state index in [9.17, 15) is 14.4 Å². The fourth-order valence-electron chi connectivity index (χ4n) is 1.95. The molecule has 0 saturated carbocycles. The first kappa shape index (κ1) is 18.7. The predicted octanol–water partition coefficient (Wildman–Crippen LogP) is 1.59. The number of ether oxygens (including phenoxy) is 1. The third-order valence-electron chi connectivity index (χ3n) is 3.42. The molecular formula is C17H24N2O4. The van der Waals surface area contributed by atoms with Gasteiger partial charge in [0.2, 0.25) is 5.91 Å². The van der Waals surface area contributed by atoms with Crippen LogP contribution in [0.4, 0.5) is 0 Å². The van der Waals surface area contributed by atoms with E-state index >= 15 is 0 Å². The van der Waals surface area contributed by atoms with Gasteiger partial charge in [0, 0.05) is 26.2 Å². The summed E-state index contributed by atoms with van der Waals surface area (Å²) in [5.41, 5.74) is 0.525. The highest BCUT2D eigenvalue weighted by atomic mass is 16.5. The smallest absolute Gasteiger partial charge is 0.263 e. The zero-order valence-corrected chi connectivity index (χ0v) is 14.3. The number of likely N-dealkylation sites (N-methyl/N-ethyl adjacent to an activating group) is 2. The van der Waals surface area contributed by atoms with Crippen molar-refractivity contribution in [2.75, 3.05) is 27.2 Å². The van der Waals surface area contributed by atoms with Crippen LogP contribution in [0.15, 0.2) is 24.3 Å². The van der Waals surface area contributed by atoms with Crippen LogP contribution in [0.2, 0.25) is 0 Å². The number of Topliss-reactive ketones (excluding diaryl/α,β-unsaturated/α-hetero) is 1. The van der Waals surface area contributed by atoms with E-state index in [4.69, 9.17) is 4.74 Å². The van der Waals surface area contributed by atoms with E-state index in [1.807, 2.05) is 6.92 Å². The fourth-order valence-corrected chi connectivity index (χ4v) is 1.95. The molecule has 0 unspecified atom stereocenters. The van der Waals surface area contributed by atoms with Gasteiger partial charge in [-0.1, -0.05) is 12.1 Å². The first-order valence-electron chi connectivity index (χ1n) is 7.52. The van der Waals surface area contributed by atoms with Crippen molar-refractivity contribution >= 4 is 17.6 Å². The number of carbonyl (C=O) groups excluding carboxylic acids is 3. The van der Waals surface area contributed by atoms with Crippen molar-refractivity contribution < 1.29 is 19.1 Å². The molecule has 0 bridgehead atoms. The van der Waals surface area contributed by atoms with Crippen LogP contribution in [0.5, 0.6) is 5.75 Å². The first-order valence-corrected chi connectivity index (χ1v) is 7.52. The molecule has 126 valence electrons. The molecule has 6 nitrogen and oxygen atoms in total. The number of carbonyl (C=O) groups is 3. The minimum absolute atomic E-state index is 0.0174. The highest BCUT2D eigenvalue weighted by molar-refractivity contribution is 5.94. The molecule has 2 amide bonds. The van der Waals surface area contributed by atoms with Gasteiger partial charge in [-0.3, -0.25) is 14.4 Å². The Labute approximate surface area is 137 Å². The second-order valence-corrected chi connectivity index (χ2v) is 5.48. The number of hydrogen-bond acceptors (Lipinski definition) is 4. The lowest BCUT2D eigenvalue weighted by Gasteiger charge is -2.25. The van der Waals surface area contributed by atoms with Gasteiger partial charge in [0.25, 0.3) is 5.91 Å². The summed E-state index contributed by atoms with van der Waals surface area (Å²) < 4.78 is 5.62. The SMILES string of the molecule is CCN(CC(=O)N(C)C)C(=O)[C@@H](C)Oc1cccc(C(C)=O)c1. The maximum Gasteiger partial charge on any atom is 0.263 e. The van der Waals surface area contributed by atoms with E-state index in [-0.39, 0.29) is 24.1 Å². The van der Waals surface area contributed by atoms with Crippen molar-refractivity contribution in [2.24, 2.45) is 0 Å². The lowest BCUT2D eigenvalue weighted by molar-refractivity contribution is -0.143. The van der Waals surface area contributed by atoms with Crippen LogP contribution in [0.1, 0.15) is 31.1 Å². The summed E-state index contributed by atoms with van der Waals surface area (Å²) in [6.45, 7) is 5.35. The molecule has 0 saturated heterocycles. The normalized spacial score (nSPS) is 11.5. The maximum atomic E-state index is 12.4. The summed E-state index contributed by atoms with van der Waals surface area (Å²) in [6.07, 6.45) is -0.743. The minimum atomic E-state index is -0.743. The second-order valence-electron chi connectivity index (χ2n) is 5.48. The van der Waals surface area contributed by atoms with Gasteiger partial charge in [-0.15, -0.1) is 0 Å². The van der Waals surface area contributed by atoms with Crippen LogP contribution >= 0.6 is 0 Å². The Hall–Kier alpha value is -2.37. The Kier molecular flexibility index (Phi) is 6.75. The van der Waals surface area contributed by atoms with Crippen molar-refractivity contribution in [1.82, 2.24) is 9.80 Å². The number of ketones is 1. The van der Waals surface area contributed by atoms with Gasteiger partial charge in [0.05, 0.1) is 6.54 Å². The van der Waals surface area contributed by atoms with Gasteiger partial charge in [-0.05, 0) is 32.9 Å². The van der Waals surface area contributed by atoms with E-state index < -0.39 is 6.10 Å². The molecule has 0 aromatic heterocycles. The van der Waals surface area contributed by atoms with E-state index in [0.717, 1.165) is 0 Å². The van der Waals surface area contributed by atoms with Gasteiger partial charge in [0.1, 0.15) is 5.75 Å². The minimum Gasteiger partial charge on any atom is -0.481 e. The van der Waals surface area contributed by atoms with Crippen LogP contribution in [0.25, 0.3) is 0 Å². The highest BCUT2D eigenvalue weighted by Crippen LogP contribution is 2.16. The third-order valence-corrected chi connectivity index (χ3v) is 3.42. The summed E-state index contributed by atoms with van der Waals surface area (Å²) in [4.78, 5) is 38.5. The lowest BCUT2D eigenvalue weighted by Crippen LogP contribution is -2.45. The lowest BCUT2D eigenvalue weighted by atomic mass is 10.1. The zero-order valence-electron chi connectivity index (χ0n) is 14.3. The Balaban J connectivity index is 2.77. The largest absolute Gasteiger partial charge is 0.481 e. The molecular weight excluding hydrogens is 296 g/mol. The molecule has 0 N–H and O–H groups in total. The van der Waals surface area contributed by atoms with Crippen molar-refractivity contribution in [3.63, 3.8) is 0 Å². The number of rotatable bonds is 7. The summed E-state index contributed by atoms with van der Waals surface area (Å²) in [7, 11) is 3.29. The van der Waals surface area contributed by atoms with E-state index in [2.05, 4.69) is 0 Å². The fraction of sp³-hybridized carbons (Fsp3) is 0.471. The predicted molar refractivity (Wildman–Crippen MR) is 87.5 cm³/mol. The number of nitrogens with zero attached hydrogens (tertiary/aromatic N) is 2. The molecule has 23 heavy (non-hydrogen) atoms. The highest BCUT2D eigenvalue weighted by Gasteiger charge is 2.23. The molecule has 0 spiro atoms. The monoisotopic (exact) mass is 320 g/mol. The molecule has 0 aliphatic carbocycles. The zero-order chi connectivity index (χ0) is 17.6. The molecule has 0 aliphatic heterocycles. The maximum absolute atomic E-state index is 12.4. The first-order chi connectivity index (χ1) is 10.8. The van der Waals surface area contributed by atoms with E-state index in [1.165, 1.54) is 16.7 Å². The van der Waals surface area contributed by atoms with Gasteiger partial charge in [0.15, 0.2) is 11.9 Å². The topological polar surface area (TPSA) is 66.9 Å². The summed E-state index contributed by atoms with van der Waals surface area (Å²) in [5.74, 6) is -0.0309. The molecule has 0 aliphatic rings. The average molecular weight is 320 g/mol. The molecule has 0 heterocycles. The van der Waals surface area contributed by atoms with Crippen LogP contribution in [0.3, 0.4) is 0 Å². The quantitative estimate of drug-likeness (QED) is 0.716. The molecule has 1 aromatic rings. The van der Waals surface area contributed by atoms with Crippen molar-refractivity contribution in [1.29, 1.82) is 0 Å². The van der Waals surface area contributed by atoms with Crippen LogP contribution in [-0.2, 0) is 9.59 Å². The Morgan fingerprint density at radius 2 is 1.87 bits per heavy atom. The van der Waals surface area contributed by atoms with Crippen molar-refractivity contribution in [2.45, 2.75) is 26.9 Å². The number of amides is 2. The van der Waals surface area contributed by atoms with Crippen molar-refractivity contribution in [3.8, 4) is 5.75 Å². The van der Waals surface area contributed by atoms with Crippen molar-refractivity contribution in [3.05, 3.63) is 29.8 Å². The Morgan fingerprint density at radius 3 is 2.39 bits per heavy atom. The van der Waals surface area contributed by atoms with Crippen LogP contribution in [0, 0.1) is 0 Å². The van der Waals surface area contributed by atoms with Crippen LogP contribution in [-0.4, -0.2) is 60.7 Å². The van der Waals surface area contributed by atoms with Crippen LogP contribution < -0.4 is 4.74 Å². The average Bonchev–Trinajstić information content (AvgIpc) is 2.51. The number of hydrogen-bond donors (Lipinski definition) is 0. The van der Waals surface area contributed by atoms with Gasteiger partial charge in [-0.2, -0.15) is 0 Å². The molecule has 0 radical (unpaired) electrons. The summed E-state index contributed by atoms with van der Waals surface area (Å²) in [5, 5.41) is 0. The summed E-state index contributed by atoms with van der Waals surface area (Å²) >= 11 is 0. The second kappa shape index (κ2) is 8.31. The molecule has 1 rings (SSSR count). The molecule has 6 heteroatoms. The third kappa shape index (κ3) is 5.39. The standard InChI is InChI=1S/C17H24N2O4/c1-6-19(11-16(21)18(4)5)17(22)13(3)23-15-9-7-8-14(10-15)12(2)20/h7-10,13H,6,11H2,1-5H3/t13-/m1/s1. The van der Waals surface area contributed by atoms with Gasteiger partial charge in [-0.25, -0.2) is 0 Å². The Bertz CT molecular complexity index is 584. The van der Waals surface area contributed by atoms with Gasteiger partial charge >= 0.3 is 0 Å². The molecule has 0 fully saturated rings. The Morgan fingerprint density at radius 1 is 1.22 bits per heavy atom. The molecule has 1 aromatic carbocycles. The molecule has 1 atom stereocenters. The summed E-state index contributed by atoms with van der Waals surface area (Å²) in [6, 6.07) is 6.69.